The molecule has 2 aromatic rings. The van der Waals surface area contributed by atoms with Gasteiger partial charge < -0.3 is 0 Å². The summed E-state index contributed by atoms with van der Waals surface area (Å²) in [5.74, 6) is 0. The number of benzene rings is 1. The lowest BCUT2D eigenvalue weighted by Gasteiger charge is -2.19. The average molecular weight is 275 g/mol. The monoisotopic (exact) mass is 274 g/mol. The van der Waals surface area contributed by atoms with Crippen LogP contribution in [0.5, 0.6) is 0 Å². The van der Waals surface area contributed by atoms with Crippen LogP contribution in [0.25, 0.3) is 0 Å². The lowest BCUT2D eigenvalue weighted by atomic mass is 9.90. The number of hydrogen-bond donors (Lipinski definition) is 0. The number of hydrogen-bond acceptors (Lipinski definition) is 3. The van der Waals surface area contributed by atoms with Gasteiger partial charge in [-0.3, -0.25) is 0 Å². The molecule has 0 unspecified atom stereocenters. The Morgan fingerprint density at radius 3 is 2.68 bits per heavy atom. The minimum Gasteiger partial charge on any atom is -0.243 e. The maximum atomic E-state index is 9.12. The fourth-order valence-corrected chi connectivity index (χ4v) is 2.26. The Bertz CT molecular complexity index is 632. The Morgan fingerprint density at radius 2 is 2.11 bits per heavy atom. The van der Waals surface area contributed by atoms with Crippen molar-refractivity contribution in [3.63, 3.8) is 0 Å². The van der Waals surface area contributed by atoms with Crippen LogP contribution < -0.4 is 0 Å². The molecule has 0 amide bonds. The molecule has 1 aromatic carbocycles. The third-order valence-electron chi connectivity index (χ3n) is 2.77. The number of aromatic nitrogens is 3. The third kappa shape index (κ3) is 2.94. The quantitative estimate of drug-likeness (QED) is 0.845. The maximum absolute atomic E-state index is 9.12. The summed E-state index contributed by atoms with van der Waals surface area (Å²) in [5, 5.41) is 17.8. The highest BCUT2D eigenvalue weighted by atomic mass is 35.5. The van der Waals surface area contributed by atoms with Crippen molar-refractivity contribution >= 4 is 11.6 Å². The molecule has 19 heavy (non-hydrogen) atoms. The molecule has 0 bridgehead atoms. The Kier molecular flexibility index (Phi) is 3.59. The van der Waals surface area contributed by atoms with Crippen molar-refractivity contribution in [2.45, 2.75) is 32.7 Å². The molecule has 98 valence electrons. The van der Waals surface area contributed by atoms with Crippen molar-refractivity contribution < 1.29 is 0 Å². The van der Waals surface area contributed by atoms with Crippen LogP contribution in [0.3, 0.4) is 0 Å². The minimum absolute atomic E-state index is 0.187. The Hall–Kier alpha value is -1.86. The molecule has 0 spiro atoms. The summed E-state index contributed by atoms with van der Waals surface area (Å²) in [4.78, 5) is 0. The molecule has 0 aliphatic heterocycles. The zero-order valence-corrected chi connectivity index (χ0v) is 11.9. The van der Waals surface area contributed by atoms with E-state index >= 15 is 0 Å². The van der Waals surface area contributed by atoms with Crippen LogP contribution in [0.2, 0.25) is 5.02 Å². The molecule has 0 aliphatic carbocycles. The van der Waals surface area contributed by atoms with Crippen LogP contribution in [0.15, 0.2) is 24.3 Å². The molecule has 1 aromatic heterocycles. The van der Waals surface area contributed by atoms with Crippen molar-refractivity contribution in [1.29, 1.82) is 5.26 Å². The highest BCUT2D eigenvalue weighted by Gasteiger charge is 2.25. The van der Waals surface area contributed by atoms with Gasteiger partial charge in [0.15, 0.2) is 5.69 Å². The third-order valence-corrected chi connectivity index (χ3v) is 3.01. The second-order valence-electron chi connectivity index (χ2n) is 5.44. The van der Waals surface area contributed by atoms with E-state index in [2.05, 4.69) is 16.4 Å². The van der Waals surface area contributed by atoms with Crippen LogP contribution in [-0.2, 0) is 12.0 Å². The van der Waals surface area contributed by atoms with Crippen LogP contribution in [0.4, 0.5) is 0 Å². The maximum Gasteiger partial charge on any atom is 0.186 e. The van der Waals surface area contributed by atoms with Gasteiger partial charge in [0, 0.05) is 10.4 Å². The summed E-state index contributed by atoms with van der Waals surface area (Å²) < 4.78 is 1.77. The SMILES string of the molecule is CC(C)(C)c1c(C#N)nnn1Cc1cccc(Cl)c1. The Labute approximate surface area is 117 Å². The number of halogens is 1. The van der Waals surface area contributed by atoms with E-state index in [1.807, 2.05) is 45.0 Å². The summed E-state index contributed by atoms with van der Waals surface area (Å²) in [5.41, 5.74) is 2.07. The molecule has 4 nitrogen and oxygen atoms in total. The molecule has 0 fully saturated rings. The van der Waals surface area contributed by atoms with Crippen molar-refractivity contribution in [2.75, 3.05) is 0 Å². The minimum atomic E-state index is -0.187. The zero-order valence-electron chi connectivity index (χ0n) is 11.2. The Morgan fingerprint density at radius 1 is 1.37 bits per heavy atom. The predicted molar refractivity (Wildman–Crippen MR) is 74.0 cm³/mol. The standard InChI is InChI=1S/C14H15ClN4/c1-14(2,3)13-12(8-16)17-18-19(13)9-10-5-4-6-11(15)7-10/h4-7H,9H2,1-3H3. The summed E-state index contributed by atoms with van der Waals surface area (Å²) in [6.07, 6.45) is 0. The molecular weight excluding hydrogens is 260 g/mol. The van der Waals surface area contributed by atoms with E-state index in [4.69, 9.17) is 16.9 Å². The molecular formula is C14H15ClN4. The van der Waals surface area contributed by atoms with E-state index in [1.54, 1.807) is 4.68 Å². The average Bonchev–Trinajstić information content (AvgIpc) is 2.71. The van der Waals surface area contributed by atoms with Crippen molar-refractivity contribution in [3.8, 4) is 6.07 Å². The first kappa shape index (κ1) is 13.6. The fraction of sp³-hybridized carbons (Fsp3) is 0.357. The molecule has 0 radical (unpaired) electrons. The lowest BCUT2D eigenvalue weighted by Crippen LogP contribution is -2.20. The van der Waals surface area contributed by atoms with Crippen molar-refractivity contribution in [2.24, 2.45) is 0 Å². The lowest BCUT2D eigenvalue weighted by molar-refractivity contribution is 0.501. The summed E-state index contributed by atoms with van der Waals surface area (Å²) in [6.45, 7) is 6.69. The van der Waals surface area contributed by atoms with Gasteiger partial charge in [-0.15, -0.1) is 5.10 Å². The van der Waals surface area contributed by atoms with Gasteiger partial charge in [0.1, 0.15) is 6.07 Å². The summed E-state index contributed by atoms with van der Waals surface area (Å²) in [6, 6.07) is 9.70. The van der Waals surface area contributed by atoms with Crippen molar-refractivity contribution in [1.82, 2.24) is 15.0 Å². The van der Waals surface area contributed by atoms with Crippen LogP contribution in [0, 0.1) is 11.3 Å². The predicted octanol–water partition coefficient (Wildman–Crippen LogP) is 3.15. The number of rotatable bonds is 2. The van der Waals surface area contributed by atoms with E-state index in [0.29, 0.717) is 17.3 Å². The highest BCUT2D eigenvalue weighted by molar-refractivity contribution is 6.30. The molecule has 0 saturated heterocycles. The van der Waals surface area contributed by atoms with Crippen LogP contribution >= 0.6 is 11.6 Å². The highest BCUT2D eigenvalue weighted by Crippen LogP contribution is 2.25. The second-order valence-corrected chi connectivity index (χ2v) is 5.87. The molecule has 2 rings (SSSR count). The van der Waals surface area contributed by atoms with Gasteiger partial charge in [-0.05, 0) is 17.7 Å². The molecule has 0 aliphatic rings. The molecule has 0 atom stereocenters. The molecule has 0 saturated carbocycles. The smallest absolute Gasteiger partial charge is 0.186 e. The fourth-order valence-electron chi connectivity index (χ4n) is 2.05. The summed E-state index contributed by atoms with van der Waals surface area (Å²) >= 11 is 5.98. The van der Waals surface area contributed by atoms with Crippen molar-refractivity contribution in [3.05, 3.63) is 46.2 Å². The normalized spacial score (nSPS) is 11.3. The van der Waals surface area contributed by atoms with Crippen LogP contribution in [-0.4, -0.2) is 15.0 Å². The van der Waals surface area contributed by atoms with Crippen LogP contribution in [0.1, 0.15) is 37.7 Å². The number of nitriles is 1. The van der Waals surface area contributed by atoms with E-state index in [-0.39, 0.29) is 5.41 Å². The number of nitrogens with zero attached hydrogens (tertiary/aromatic N) is 4. The van der Waals surface area contributed by atoms with Gasteiger partial charge in [-0.1, -0.05) is 49.7 Å². The first-order valence-electron chi connectivity index (χ1n) is 6.00. The van der Waals surface area contributed by atoms with E-state index in [9.17, 15) is 0 Å². The van der Waals surface area contributed by atoms with E-state index in [1.165, 1.54) is 0 Å². The van der Waals surface area contributed by atoms with Gasteiger partial charge in [0.2, 0.25) is 0 Å². The van der Waals surface area contributed by atoms with Gasteiger partial charge in [0.25, 0.3) is 0 Å². The molecule has 5 heteroatoms. The second kappa shape index (κ2) is 5.02. The first-order chi connectivity index (χ1) is 8.91. The van der Waals surface area contributed by atoms with Gasteiger partial charge in [-0.2, -0.15) is 5.26 Å². The van der Waals surface area contributed by atoms with E-state index in [0.717, 1.165) is 11.3 Å². The summed E-state index contributed by atoms with van der Waals surface area (Å²) in [7, 11) is 0. The largest absolute Gasteiger partial charge is 0.243 e. The Balaban J connectivity index is 2.42. The first-order valence-corrected chi connectivity index (χ1v) is 6.38. The van der Waals surface area contributed by atoms with Gasteiger partial charge in [0.05, 0.1) is 12.2 Å². The molecule has 0 N–H and O–H groups in total. The van der Waals surface area contributed by atoms with Gasteiger partial charge >= 0.3 is 0 Å². The van der Waals surface area contributed by atoms with Gasteiger partial charge in [-0.25, -0.2) is 4.68 Å². The zero-order chi connectivity index (χ0) is 14.0. The molecule has 1 heterocycles. The van der Waals surface area contributed by atoms with E-state index < -0.39 is 0 Å². The topological polar surface area (TPSA) is 54.5 Å².